The minimum atomic E-state index is 0.799. The average Bonchev–Trinajstić information content (AvgIpc) is 2.61. The van der Waals surface area contributed by atoms with E-state index in [1.165, 1.54) is 0 Å². The van der Waals surface area contributed by atoms with E-state index in [4.69, 9.17) is 0 Å². The van der Waals surface area contributed by atoms with Crippen LogP contribution in [0, 0.1) is 6.92 Å². The summed E-state index contributed by atoms with van der Waals surface area (Å²) in [6.07, 6.45) is 0.970. The van der Waals surface area contributed by atoms with E-state index in [-0.39, 0.29) is 0 Å². The molecule has 0 aromatic heterocycles. The molecule has 0 unspecified atom stereocenters. The quantitative estimate of drug-likeness (QED) is 0.605. The van der Waals surface area contributed by atoms with E-state index in [2.05, 4.69) is 12.1 Å². The van der Waals surface area contributed by atoms with Crippen LogP contribution in [0.2, 0.25) is 0 Å². The minimum Gasteiger partial charge on any atom is -0.298 e. The van der Waals surface area contributed by atoms with Crippen molar-refractivity contribution in [3.63, 3.8) is 0 Å². The molecule has 0 heterocycles. The van der Waals surface area contributed by atoms with Crippen molar-refractivity contribution in [3.8, 4) is 22.3 Å². The molecule has 1 aromatic rings. The lowest BCUT2D eigenvalue weighted by molar-refractivity contribution is 0.112. The Balaban J connectivity index is 2.40. The summed E-state index contributed by atoms with van der Waals surface area (Å²) < 4.78 is 0. The topological polar surface area (TPSA) is 17.1 Å². The third-order valence-electron chi connectivity index (χ3n) is 3.57. The number of aldehydes is 1. The van der Waals surface area contributed by atoms with Gasteiger partial charge in [0.2, 0.25) is 0 Å². The van der Waals surface area contributed by atoms with E-state index in [1.807, 2.05) is 55.5 Å². The van der Waals surface area contributed by atoms with Gasteiger partial charge in [0.25, 0.3) is 0 Å². The fraction of sp³-hybridized carbons (Fsp3) is 0.0556. The van der Waals surface area contributed by atoms with Crippen molar-refractivity contribution in [2.75, 3.05) is 0 Å². The Kier molecular flexibility index (Phi) is 2.88. The zero-order chi connectivity index (χ0) is 13.2. The number of carbonyl (C=O) groups excluding carboxylic acids is 1. The van der Waals surface area contributed by atoms with Crippen molar-refractivity contribution in [1.29, 1.82) is 0 Å². The summed E-state index contributed by atoms with van der Waals surface area (Å²) in [4.78, 5) is 11.5. The fourth-order valence-electron chi connectivity index (χ4n) is 2.63. The van der Waals surface area contributed by atoms with E-state index in [9.17, 15) is 4.79 Å². The van der Waals surface area contributed by atoms with Crippen LogP contribution in [0.4, 0.5) is 0 Å². The van der Waals surface area contributed by atoms with E-state index in [0.717, 1.165) is 39.7 Å². The minimum absolute atomic E-state index is 0.799. The van der Waals surface area contributed by atoms with Gasteiger partial charge in [-0.2, -0.15) is 0 Å². The van der Waals surface area contributed by atoms with E-state index in [0.29, 0.717) is 0 Å². The van der Waals surface area contributed by atoms with Crippen LogP contribution in [0.25, 0.3) is 22.3 Å². The Labute approximate surface area is 112 Å². The molecule has 0 saturated heterocycles. The van der Waals surface area contributed by atoms with Crippen LogP contribution in [-0.4, -0.2) is 6.29 Å². The predicted octanol–water partition coefficient (Wildman–Crippen LogP) is 4.58. The second-order valence-electron chi connectivity index (χ2n) is 4.64. The third kappa shape index (κ3) is 1.84. The molecule has 1 nitrogen and oxygen atoms in total. The SMILES string of the molecule is Cc1c2cccccc-2c(-c2ccccc2)c1C=O. The van der Waals surface area contributed by atoms with E-state index < -0.39 is 0 Å². The smallest absolute Gasteiger partial charge is 0.150 e. The van der Waals surface area contributed by atoms with Gasteiger partial charge in [-0.25, -0.2) is 0 Å². The Morgan fingerprint density at radius 2 is 1.37 bits per heavy atom. The maximum atomic E-state index is 11.5. The zero-order valence-electron chi connectivity index (χ0n) is 10.8. The molecule has 0 aliphatic heterocycles. The molecule has 0 spiro atoms. The molecular formula is C18H14O. The van der Waals surface area contributed by atoms with Gasteiger partial charge < -0.3 is 0 Å². The van der Waals surface area contributed by atoms with Crippen LogP contribution in [0.3, 0.4) is 0 Å². The van der Waals surface area contributed by atoms with Gasteiger partial charge in [-0.3, -0.25) is 4.79 Å². The highest BCUT2D eigenvalue weighted by Crippen LogP contribution is 2.41. The summed E-state index contributed by atoms with van der Waals surface area (Å²) in [7, 11) is 0. The predicted molar refractivity (Wildman–Crippen MR) is 78.6 cm³/mol. The van der Waals surface area contributed by atoms with Crippen LogP contribution >= 0.6 is 0 Å². The Morgan fingerprint density at radius 3 is 2.00 bits per heavy atom. The number of carbonyl (C=O) groups is 1. The average molecular weight is 246 g/mol. The van der Waals surface area contributed by atoms with Crippen LogP contribution in [0.5, 0.6) is 0 Å². The van der Waals surface area contributed by atoms with Gasteiger partial charge in [0.1, 0.15) is 0 Å². The second kappa shape index (κ2) is 4.69. The summed E-state index contributed by atoms with van der Waals surface area (Å²) in [6.45, 7) is 2.01. The molecule has 0 N–H and O–H groups in total. The molecule has 2 aliphatic carbocycles. The lowest BCUT2D eigenvalue weighted by Gasteiger charge is -2.03. The largest absolute Gasteiger partial charge is 0.298 e. The van der Waals surface area contributed by atoms with Crippen molar-refractivity contribution in [1.82, 2.24) is 0 Å². The summed E-state index contributed by atoms with van der Waals surface area (Å²) in [5.74, 6) is 0. The molecule has 1 heteroatoms. The summed E-state index contributed by atoms with van der Waals surface area (Å²) in [5.41, 5.74) is 6.27. The molecule has 92 valence electrons. The molecule has 3 rings (SSSR count). The van der Waals surface area contributed by atoms with Crippen LogP contribution in [0.15, 0.2) is 60.7 Å². The monoisotopic (exact) mass is 246 g/mol. The zero-order valence-corrected chi connectivity index (χ0v) is 10.8. The van der Waals surface area contributed by atoms with Crippen molar-refractivity contribution in [2.24, 2.45) is 0 Å². The third-order valence-corrected chi connectivity index (χ3v) is 3.57. The molecule has 0 radical (unpaired) electrons. The van der Waals surface area contributed by atoms with E-state index >= 15 is 0 Å². The Bertz CT molecular complexity index is 698. The number of benzene rings is 1. The van der Waals surface area contributed by atoms with Crippen molar-refractivity contribution < 1.29 is 4.79 Å². The Morgan fingerprint density at radius 1 is 0.789 bits per heavy atom. The van der Waals surface area contributed by atoms with Crippen molar-refractivity contribution >= 4 is 6.29 Å². The Hall–Kier alpha value is -2.41. The molecule has 0 atom stereocenters. The molecule has 0 amide bonds. The van der Waals surface area contributed by atoms with Gasteiger partial charge in [-0.1, -0.05) is 60.7 Å². The first-order chi connectivity index (χ1) is 9.33. The highest BCUT2D eigenvalue weighted by atomic mass is 16.1. The lowest BCUT2D eigenvalue weighted by Crippen LogP contribution is -1.84. The molecule has 2 aliphatic rings. The number of hydrogen-bond donors (Lipinski definition) is 0. The van der Waals surface area contributed by atoms with Crippen LogP contribution < -0.4 is 0 Å². The standard InChI is InChI=1S/C18H14O/c1-13-15-10-6-3-7-11-16(15)18(17(13)12-19)14-8-4-2-5-9-14/h2-12H,1H3. The summed E-state index contributed by atoms with van der Waals surface area (Å²) in [6, 6.07) is 20.3. The van der Waals surface area contributed by atoms with Gasteiger partial charge in [0, 0.05) is 11.1 Å². The fourth-order valence-corrected chi connectivity index (χ4v) is 2.63. The lowest BCUT2D eigenvalue weighted by atomic mass is 10.0. The highest BCUT2D eigenvalue weighted by molar-refractivity contribution is 6.02. The maximum absolute atomic E-state index is 11.5. The number of fused-ring (bicyclic) bond motifs is 1. The normalized spacial score (nSPS) is 10.6. The van der Waals surface area contributed by atoms with Crippen LogP contribution in [0.1, 0.15) is 15.9 Å². The van der Waals surface area contributed by atoms with Crippen molar-refractivity contribution in [2.45, 2.75) is 6.92 Å². The van der Waals surface area contributed by atoms with E-state index in [1.54, 1.807) is 0 Å². The van der Waals surface area contributed by atoms with Crippen molar-refractivity contribution in [3.05, 3.63) is 71.8 Å². The number of rotatable bonds is 2. The van der Waals surface area contributed by atoms with Crippen LogP contribution in [-0.2, 0) is 0 Å². The van der Waals surface area contributed by atoms with Gasteiger partial charge in [0.05, 0.1) is 0 Å². The molecule has 0 fully saturated rings. The van der Waals surface area contributed by atoms with Gasteiger partial charge in [0.15, 0.2) is 6.29 Å². The first-order valence-electron chi connectivity index (χ1n) is 6.35. The summed E-state index contributed by atoms with van der Waals surface area (Å²) >= 11 is 0. The molecule has 0 bridgehead atoms. The number of hydrogen-bond acceptors (Lipinski definition) is 1. The molecule has 1 aromatic carbocycles. The molecule has 0 saturated carbocycles. The first kappa shape index (κ1) is 11.7. The van der Waals surface area contributed by atoms with Gasteiger partial charge in [-0.15, -0.1) is 0 Å². The van der Waals surface area contributed by atoms with Gasteiger partial charge in [-0.05, 0) is 29.2 Å². The van der Waals surface area contributed by atoms with Gasteiger partial charge >= 0.3 is 0 Å². The molecule has 19 heavy (non-hydrogen) atoms. The second-order valence-corrected chi connectivity index (χ2v) is 4.64. The first-order valence-corrected chi connectivity index (χ1v) is 6.35. The highest BCUT2D eigenvalue weighted by Gasteiger charge is 2.19. The molecular weight excluding hydrogens is 232 g/mol. The summed E-state index contributed by atoms with van der Waals surface area (Å²) in [5, 5.41) is 0. The maximum Gasteiger partial charge on any atom is 0.150 e.